The van der Waals surface area contributed by atoms with Gasteiger partial charge in [0.15, 0.2) is 11.0 Å². The molecule has 1 aliphatic rings. The second-order valence-electron chi connectivity index (χ2n) is 11.4. The molecular weight excluding hydrogens is 601 g/mol. The smallest absolute Gasteiger partial charge is 0.406 e. The van der Waals surface area contributed by atoms with Gasteiger partial charge in [0, 0.05) is 29.6 Å². The van der Waals surface area contributed by atoms with Crippen LogP contribution in [0.2, 0.25) is 0 Å². The SMILES string of the molecule is Cc1ccc(C(C)C)c(N2CCCSC2=NC(O)NC(C)Cc2ccc(-c3ncn(-c4ccc(OC(F)(F)F)cc4)n3)cc2)c1. The van der Waals surface area contributed by atoms with Gasteiger partial charge in [0.1, 0.15) is 12.1 Å². The number of halogens is 3. The summed E-state index contributed by atoms with van der Waals surface area (Å²) in [5, 5.41) is 19.4. The number of amidine groups is 1. The van der Waals surface area contributed by atoms with E-state index in [-0.39, 0.29) is 11.8 Å². The van der Waals surface area contributed by atoms with Crippen LogP contribution in [0.15, 0.2) is 78.0 Å². The van der Waals surface area contributed by atoms with E-state index in [9.17, 15) is 18.3 Å². The first-order valence-electron chi connectivity index (χ1n) is 14.8. The molecular formula is C33H37F3N6O2S. The third-order valence-electron chi connectivity index (χ3n) is 7.33. The summed E-state index contributed by atoms with van der Waals surface area (Å²) < 4.78 is 42.7. The van der Waals surface area contributed by atoms with Crippen molar-refractivity contribution in [2.75, 3.05) is 17.2 Å². The second kappa shape index (κ2) is 14.1. The summed E-state index contributed by atoms with van der Waals surface area (Å²) in [5.41, 5.74) is 6.03. The molecule has 5 rings (SSSR count). The zero-order valence-corrected chi connectivity index (χ0v) is 26.4. The molecule has 12 heteroatoms. The fourth-order valence-electron chi connectivity index (χ4n) is 5.18. The number of thioether (sulfide) groups is 1. The molecule has 1 saturated heterocycles. The van der Waals surface area contributed by atoms with Crippen molar-refractivity contribution in [1.29, 1.82) is 0 Å². The van der Waals surface area contributed by atoms with E-state index < -0.39 is 12.7 Å². The number of alkyl halides is 3. The van der Waals surface area contributed by atoms with E-state index in [1.165, 1.54) is 46.4 Å². The van der Waals surface area contributed by atoms with Gasteiger partial charge in [0.05, 0.1) is 5.69 Å². The van der Waals surface area contributed by atoms with Gasteiger partial charge in [-0.2, -0.15) is 0 Å². The van der Waals surface area contributed by atoms with Gasteiger partial charge >= 0.3 is 6.36 Å². The summed E-state index contributed by atoms with van der Waals surface area (Å²) in [4.78, 5) is 11.3. The first-order valence-corrected chi connectivity index (χ1v) is 15.8. The average Bonchev–Trinajstić information content (AvgIpc) is 3.47. The van der Waals surface area contributed by atoms with Crippen molar-refractivity contribution in [3.05, 3.63) is 89.7 Å². The highest BCUT2D eigenvalue weighted by Gasteiger charge is 2.31. The molecule has 238 valence electrons. The van der Waals surface area contributed by atoms with Crippen LogP contribution in [0.4, 0.5) is 18.9 Å². The molecule has 4 aromatic rings. The fourth-order valence-corrected chi connectivity index (χ4v) is 6.16. The Morgan fingerprint density at radius 3 is 2.47 bits per heavy atom. The van der Waals surface area contributed by atoms with E-state index in [1.807, 2.05) is 31.2 Å². The number of aliphatic hydroxyl groups excluding tert-OH is 1. The van der Waals surface area contributed by atoms with Crippen LogP contribution in [0.3, 0.4) is 0 Å². The summed E-state index contributed by atoms with van der Waals surface area (Å²) in [6, 6.07) is 19.7. The van der Waals surface area contributed by atoms with E-state index in [0.29, 0.717) is 23.9 Å². The maximum Gasteiger partial charge on any atom is 0.573 e. The molecule has 45 heavy (non-hydrogen) atoms. The molecule has 8 nitrogen and oxygen atoms in total. The topological polar surface area (TPSA) is 87.8 Å². The molecule has 2 unspecified atom stereocenters. The molecule has 0 radical (unpaired) electrons. The van der Waals surface area contributed by atoms with Crippen LogP contribution >= 0.6 is 11.8 Å². The van der Waals surface area contributed by atoms with Crippen molar-refractivity contribution in [2.24, 2.45) is 4.99 Å². The molecule has 2 N–H and O–H groups in total. The first-order chi connectivity index (χ1) is 21.4. The third kappa shape index (κ3) is 8.65. The van der Waals surface area contributed by atoms with Crippen molar-refractivity contribution >= 4 is 22.6 Å². The van der Waals surface area contributed by atoms with E-state index in [1.54, 1.807) is 11.8 Å². The fraction of sp³-hybridized carbons (Fsp3) is 0.364. The lowest BCUT2D eigenvalue weighted by molar-refractivity contribution is -0.274. The minimum absolute atomic E-state index is 0.0518. The van der Waals surface area contributed by atoms with E-state index in [4.69, 9.17) is 0 Å². The largest absolute Gasteiger partial charge is 0.573 e. The van der Waals surface area contributed by atoms with Gasteiger partial charge in [-0.3, -0.25) is 5.32 Å². The molecule has 0 spiro atoms. The minimum Gasteiger partial charge on any atom is -0.406 e. The molecule has 2 atom stereocenters. The summed E-state index contributed by atoms with van der Waals surface area (Å²) in [6.45, 7) is 9.35. The van der Waals surface area contributed by atoms with Crippen molar-refractivity contribution in [1.82, 2.24) is 20.1 Å². The van der Waals surface area contributed by atoms with Gasteiger partial charge in [-0.15, -0.1) is 18.3 Å². The lowest BCUT2D eigenvalue weighted by Crippen LogP contribution is -2.40. The number of anilines is 1. The van der Waals surface area contributed by atoms with Crippen LogP contribution < -0.4 is 15.0 Å². The second-order valence-corrected chi connectivity index (χ2v) is 12.4. The van der Waals surface area contributed by atoms with Crippen molar-refractivity contribution in [2.45, 2.75) is 65.2 Å². The number of benzene rings is 3. The van der Waals surface area contributed by atoms with Crippen LogP contribution in [-0.2, 0) is 6.42 Å². The van der Waals surface area contributed by atoms with E-state index >= 15 is 0 Å². The number of aromatic nitrogens is 3. The average molecular weight is 639 g/mol. The van der Waals surface area contributed by atoms with E-state index in [0.717, 1.165) is 40.7 Å². The highest BCUT2D eigenvalue weighted by molar-refractivity contribution is 8.14. The Balaban J connectivity index is 1.20. The van der Waals surface area contributed by atoms with E-state index in [2.05, 4.69) is 69.0 Å². The Morgan fingerprint density at radius 1 is 1.04 bits per heavy atom. The summed E-state index contributed by atoms with van der Waals surface area (Å²) >= 11 is 1.67. The third-order valence-corrected chi connectivity index (χ3v) is 8.41. The quantitative estimate of drug-likeness (QED) is 0.180. The maximum atomic E-state index is 12.4. The summed E-state index contributed by atoms with van der Waals surface area (Å²) in [5.74, 6) is 1.52. The highest BCUT2D eigenvalue weighted by atomic mass is 32.2. The predicted octanol–water partition coefficient (Wildman–Crippen LogP) is 7.06. The van der Waals surface area contributed by atoms with Crippen molar-refractivity contribution in [3.8, 4) is 22.8 Å². The lowest BCUT2D eigenvalue weighted by atomic mass is 9.98. The minimum atomic E-state index is -4.74. The number of aryl methyl sites for hydroxylation is 1. The Kier molecular flexibility index (Phi) is 10.2. The number of aliphatic imine (C=N–C) groups is 1. The predicted molar refractivity (Wildman–Crippen MR) is 173 cm³/mol. The van der Waals surface area contributed by atoms with Gasteiger partial charge in [-0.1, -0.05) is 62.0 Å². The van der Waals surface area contributed by atoms with Crippen LogP contribution in [-0.4, -0.2) is 56.1 Å². The molecule has 0 bridgehead atoms. The number of ether oxygens (including phenoxy) is 1. The maximum absolute atomic E-state index is 12.4. The molecule has 1 aromatic heterocycles. The first kappa shape index (κ1) is 32.5. The number of hydrogen-bond acceptors (Lipinski definition) is 7. The van der Waals surface area contributed by atoms with Gasteiger partial charge in [0.2, 0.25) is 6.35 Å². The molecule has 1 fully saturated rings. The van der Waals surface area contributed by atoms with Crippen LogP contribution in [0.25, 0.3) is 17.1 Å². The molecule has 2 heterocycles. The summed E-state index contributed by atoms with van der Waals surface area (Å²) in [7, 11) is 0. The molecule has 0 aliphatic carbocycles. The van der Waals surface area contributed by atoms with Crippen LogP contribution in [0.5, 0.6) is 5.75 Å². The molecule has 1 aliphatic heterocycles. The van der Waals surface area contributed by atoms with Crippen LogP contribution in [0.1, 0.15) is 49.8 Å². The number of hydrogen-bond donors (Lipinski definition) is 2. The zero-order chi connectivity index (χ0) is 32.1. The number of nitrogens with zero attached hydrogens (tertiary/aromatic N) is 5. The van der Waals surface area contributed by atoms with Gasteiger partial charge < -0.3 is 14.7 Å². The van der Waals surface area contributed by atoms with Crippen LogP contribution in [0, 0.1) is 6.92 Å². The van der Waals surface area contributed by atoms with Crippen molar-refractivity contribution in [3.63, 3.8) is 0 Å². The Morgan fingerprint density at radius 2 is 1.78 bits per heavy atom. The molecule has 3 aromatic carbocycles. The van der Waals surface area contributed by atoms with Gasteiger partial charge in [-0.25, -0.2) is 14.7 Å². The number of aliphatic hydroxyl groups is 1. The van der Waals surface area contributed by atoms with Gasteiger partial charge in [-0.05, 0) is 79.6 Å². The Bertz CT molecular complexity index is 1610. The standard InChI is InChI=1S/C33H37F3N6O2S/c1-21(2)28-15-6-22(3)18-29(28)41-16-5-17-45-32(41)39-31(43)38-23(4)19-24-7-9-25(10-8-24)30-37-20-42(40-30)26-11-13-27(14-12-26)44-33(34,35)36/h6-15,18,20-21,23,31,38,43H,5,16-17,19H2,1-4H3. The monoisotopic (exact) mass is 638 g/mol. The van der Waals surface area contributed by atoms with Gasteiger partial charge in [0.25, 0.3) is 0 Å². The lowest BCUT2D eigenvalue weighted by Gasteiger charge is -2.33. The molecule has 0 saturated carbocycles. The van der Waals surface area contributed by atoms with Crippen molar-refractivity contribution < 1.29 is 23.0 Å². The molecule has 0 amide bonds. The normalized spacial score (nSPS) is 16.3. The Hall–Kier alpha value is -3.87. The number of nitrogens with one attached hydrogen (secondary N) is 1. The Labute approximate surface area is 265 Å². The number of rotatable bonds is 10. The zero-order valence-electron chi connectivity index (χ0n) is 25.6. The summed E-state index contributed by atoms with van der Waals surface area (Å²) in [6.07, 6.45) is -2.56. The highest BCUT2D eigenvalue weighted by Crippen LogP contribution is 2.33.